The highest BCUT2D eigenvalue weighted by atomic mass is 35.5. The van der Waals surface area contributed by atoms with Gasteiger partial charge in [0.2, 0.25) is 0 Å². The number of hydrogen-bond donors (Lipinski definition) is 1. The third-order valence-electron chi connectivity index (χ3n) is 3.66. The van der Waals surface area contributed by atoms with E-state index in [4.69, 9.17) is 5.26 Å². The Bertz CT molecular complexity index is 475. The van der Waals surface area contributed by atoms with Crippen molar-refractivity contribution >= 4 is 18.3 Å². The van der Waals surface area contributed by atoms with Gasteiger partial charge in [-0.05, 0) is 69.6 Å². The van der Waals surface area contributed by atoms with E-state index in [2.05, 4.69) is 10.2 Å². The Balaban J connectivity index is 0.00000220. The first-order chi connectivity index (χ1) is 9.79. The largest absolute Gasteiger partial charge is 0.352 e. The van der Waals surface area contributed by atoms with Gasteiger partial charge in [-0.1, -0.05) is 0 Å². The molecule has 1 heterocycles. The van der Waals surface area contributed by atoms with Crippen molar-refractivity contribution in [3.63, 3.8) is 0 Å². The van der Waals surface area contributed by atoms with Gasteiger partial charge in [-0.3, -0.25) is 4.79 Å². The summed E-state index contributed by atoms with van der Waals surface area (Å²) in [5.74, 6) is -0.0596. The van der Waals surface area contributed by atoms with Crippen molar-refractivity contribution in [1.82, 2.24) is 10.2 Å². The number of nitrogens with zero attached hydrogens (tertiary/aromatic N) is 2. The van der Waals surface area contributed by atoms with Crippen LogP contribution in [0.4, 0.5) is 0 Å². The second-order valence-corrected chi connectivity index (χ2v) is 5.20. The number of hydrogen-bond acceptors (Lipinski definition) is 3. The van der Waals surface area contributed by atoms with E-state index in [1.54, 1.807) is 24.3 Å². The Morgan fingerprint density at radius 1 is 1.19 bits per heavy atom. The van der Waals surface area contributed by atoms with E-state index in [9.17, 15) is 4.79 Å². The molecule has 0 radical (unpaired) electrons. The minimum absolute atomic E-state index is 0. The fraction of sp³-hybridized carbons (Fsp3) is 0.500. The summed E-state index contributed by atoms with van der Waals surface area (Å²) >= 11 is 0. The van der Waals surface area contributed by atoms with E-state index in [1.807, 2.05) is 6.07 Å². The SMILES string of the molecule is Cl.N#Cc1ccc(C(=O)NCCCCN2CCCC2)cc1. The maximum atomic E-state index is 11.9. The van der Waals surface area contributed by atoms with Crippen molar-refractivity contribution in [3.05, 3.63) is 35.4 Å². The molecule has 0 spiro atoms. The van der Waals surface area contributed by atoms with Crippen LogP contribution in [0.1, 0.15) is 41.6 Å². The molecule has 0 aliphatic carbocycles. The van der Waals surface area contributed by atoms with Crippen LogP contribution in [-0.4, -0.2) is 37.0 Å². The molecule has 5 heteroatoms. The van der Waals surface area contributed by atoms with E-state index in [1.165, 1.54) is 25.9 Å². The maximum Gasteiger partial charge on any atom is 0.251 e. The first-order valence-corrected chi connectivity index (χ1v) is 7.30. The molecule has 0 unspecified atom stereocenters. The number of halogens is 1. The number of nitrogens with one attached hydrogen (secondary N) is 1. The molecule has 114 valence electrons. The Kier molecular flexibility index (Phi) is 7.81. The molecular formula is C16H22ClN3O. The summed E-state index contributed by atoms with van der Waals surface area (Å²) in [6, 6.07) is 8.77. The van der Waals surface area contributed by atoms with Crippen molar-refractivity contribution < 1.29 is 4.79 Å². The van der Waals surface area contributed by atoms with Gasteiger partial charge in [0.15, 0.2) is 0 Å². The third-order valence-corrected chi connectivity index (χ3v) is 3.66. The van der Waals surface area contributed by atoms with Crippen molar-refractivity contribution in [2.45, 2.75) is 25.7 Å². The molecule has 1 saturated heterocycles. The zero-order valence-corrected chi connectivity index (χ0v) is 13.0. The second kappa shape index (κ2) is 9.38. The van der Waals surface area contributed by atoms with Crippen molar-refractivity contribution in [2.75, 3.05) is 26.2 Å². The fourth-order valence-electron chi connectivity index (χ4n) is 2.47. The van der Waals surface area contributed by atoms with Crippen LogP contribution in [0.3, 0.4) is 0 Å². The van der Waals surface area contributed by atoms with Gasteiger partial charge in [0.25, 0.3) is 5.91 Å². The highest BCUT2D eigenvalue weighted by Crippen LogP contribution is 2.08. The van der Waals surface area contributed by atoms with Crippen LogP contribution < -0.4 is 5.32 Å². The molecule has 0 aromatic heterocycles. The number of carbonyl (C=O) groups excluding carboxylic acids is 1. The molecule has 1 amide bonds. The van der Waals surface area contributed by atoms with Crippen molar-refractivity contribution in [2.24, 2.45) is 0 Å². The van der Waals surface area contributed by atoms with Crippen molar-refractivity contribution in [1.29, 1.82) is 5.26 Å². The molecule has 1 fully saturated rings. The predicted molar refractivity (Wildman–Crippen MR) is 85.6 cm³/mol. The molecule has 1 aromatic carbocycles. The predicted octanol–water partition coefficient (Wildman–Crippen LogP) is 2.59. The second-order valence-electron chi connectivity index (χ2n) is 5.20. The molecule has 1 N–H and O–H groups in total. The Labute approximate surface area is 132 Å². The average molecular weight is 308 g/mol. The van der Waals surface area contributed by atoms with E-state index in [0.29, 0.717) is 17.7 Å². The topological polar surface area (TPSA) is 56.1 Å². The summed E-state index contributed by atoms with van der Waals surface area (Å²) in [5, 5.41) is 11.6. The minimum Gasteiger partial charge on any atom is -0.352 e. The summed E-state index contributed by atoms with van der Waals surface area (Å²) in [4.78, 5) is 14.3. The average Bonchev–Trinajstić information content (AvgIpc) is 3.00. The van der Waals surface area contributed by atoms with Gasteiger partial charge in [0.05, 0.1) is 11.6 Å². The normalized spacial score (nSPS) is 14.2. The number of unbranched alkanes of at least 4 members (excludes halogenated alkanes) is 1. The van der Waals surface area contributed by atoms with E-state index in [0.717, 1.165) is 19.4 Å². The van der Waals surface area contributed by atoms with E-state index >= 15 is 0 Å². The standard InChI is InChI=1S/C16H21N3O.ClH/c17-13-14-5-7-15(8-6-14)16(20)18-9-1-2-10-19-11-3-4-12-19;/h5-8H,1-4,9-12H2,(H,18,20);1H. The van der Waals surface area contributed by atoms with Gasteiger partial charge < -0.3 is 10.2 Å². The van der Waals surface area contributed by atoms with Crippen LogP contribution in [0.5, 0.6) is 0 Å². The van der Waals surface area contributed by atoms with Gasteiger partial charge >= 0.3 is 0 Å². The first kappa shape index (κ1) is 17.5. The summed E-state index contributed by atoms with van der Waals surface area (Å²) in [6.45, 7) is 4.33. The highest BCUT2D eigenvalue weighted by Gasteiger charge is 2.10. The lowest BCUT2D eigenvalue weighted by molar-refractivity contribution is 0.0952. The van der Waals surface area contributed by atoms with E-state index in [-0.39, 0.29) is 18.3 Å². The van der Waals surface area contributed by atoms with Crippen LogP contribution in [0, 0.1) is 11.3 Å². The molecule has 2 rings (SSSR count). The van der Waals surface area contributed by atoms with Gasteiger partial charge in [-0.15, -0.1) is 12.4 Å². The monoisotopic (exact) mass is 307 g/mol. The number of nitriles is 1. The van der Waals surface area contributed by atoms with Gasteiger partial charge in [0, 0.05) is 12.1 Å². The molecule has 4 nitrogen and oxygen atoms in total. The Morgan fingerprint density at radius 2 is 1.86 bits per heavy atom. The number of benzene rings is 1. The molecule has 0 bridgehead atoms. The van der Waals surface area contributed by atoms with Gasteiger partial charge in [-0.2, -0.15) is 5.26 Å². The number of amides is 1. The molecule has 1 aliphatic heterocycles. The van der Waals surface area contributed by atoms with Crippen LogP contribution in [0.15, 0.2) is 24.3 Å². The van der Waals surface area contributed by atoms with E-state index < -0.39 is 0 Å². The molecule has 21 heavy (non-hydrogen) atoms. The summed E-state index contributed by atoms with van der Waals surface area (Å²) in [7, 11) is 0. The summed E-state index contributed by atoms with van der Waals surface area (Å²) in [6.07, 6.45) is 4.80. The summed E-state index contributed by atoms with van der Waals surface area (Å²) < 4.78 is 0. The lowest BCUT2D eigenvalue weighted by atomic mass is 10.1. The number of carbonyl (C=O) groups is 1. The molecular weight excluding hydrogens is 286 g/mol. The highest BCUT2D eigenvalue weighted by molar-refractivity contribution is 5.94. The minimum atomic E-state index is -0.0596. The lowest BCUT2D eigenvalue weighted by Gasteiger charge is -2.14. The van der Waals surface area contributed by atoms with Crippen LogP contribution in [0.2, 0.25) is 0 Å². The smallest absolute Gasteiger partial charge is 0.251 e. The van der Waals surface area contributed by atoms with Gasteiger partial charge in [0.1, 0.15) is 0 Å². The quantitative estimate of drug-likeness (QED) is 0.822. The van der Waals surface area contributed by atoms with Crippen LogP contribution in [-0.2, 0) is 0 Å². The van der Waals surface area contributed by atoms with Crippen LogP contribution >= 0.6 is 12.4 Å². The molecule has 1 aromatic rings. The maximum absolute atomic E-state index is 11.9. The number of likely N-dealkylation sites (tertiary alicyclic amines) is 1. The van der Waals surface area contributed by atoms with Crippen molar-refractivity contribution in [3.8, 4) is 6.07 Å². The zero-order chi connectivity index (χ0) is 14.2. The summed E-state index contributed by atoms with van der Waals surface area (Å²) in [5.41, 5.74) is 1.19. The fourth-order valence-corrected chi connectivity index (χ4v) is 2.47. The molecule has 1 aliphatic rings. The zero-order valence-electron chi connectivity index (χ0n) is 12.2. The van der Waals surface area contributed by atoms with Crippen LogP contribution in [0.25, 0.3) is 0 Å². The molecule has 0 atom stereocenters. The number of rotatable bonds is 6. The third kappa shape index (κ3) is 5.74. The Hall–Kier alpha value is -1.57. The lowest BCUT2D eigenvalue weighted by Crippen LogP contribution is -2.26. The van der Waals surface area contributed by atoms with Gasteiger partial charge in [-0.25, -0.2) is 0 Å². The first-order valence-electron chi connectivity index (χ1n) is 7.30. The molecule has 0 saturated carbocycles. The Morgan fingerprint density at radius 3 is 2.48 bits per heavy atom.